The van der Waals surface area contributed by atoms with Crippen molar-refractivity contribution in [3.8, 4) is 5.75 Å². The fraction of sp³-hybridized carbons (Fsp3) is 0.273. The molecule has 1 aromatic heterocycles. The molecule has 10 heteroatoms. The van der Waals surface area contributed by atoms with E-state index < -0.39 is 14.0 Å². The molecular formula is C11H14FN4O4P. The fourth-order valence-electron chi connectivity index (χ4n) is 1.73. The maximum Gasteiger partial charge on any atom is 0.524 e. The van der Waals surface area contributed by atoms with Gasteiger partial charge >= 0.3 is 7.82 Å². The SMILES string of the molecule is NCCn1cc(C(F)c2ccccc2OP(=O)(O)O)nn1. The number of halogens is 1. The number of hydrogen-bond acceptors (Lipinski definition) is 5. The largest absolute Gasteiger partial charge is 0.524 e. The molecule has 0 spiro atoms. The van der Waals surface area contributed by atoms with Crippen molar-refractivity contribution in [2.45, 2.75) is 12.7 Å². The lowest BCUT2D eigenvalue weighted by Crippen LogP contribution is -2.10. The molecule has 1 aromatic carbocycles. The van der Waals surface area contributed by atoms with Gasteiger partial charge in [-0.2, -0.15) is 0 Å². The first-order chi connectivity index (χ1) is 9.90. The van der Waals surface area contributed by atoms with Crippen LogP contribution in [-0.4, -0.2) is 31.3 Å². The minimum atomic E-state index is -4.78. The molecule has 0 bridgehead atoms. The third kappa shape index (κ3) is 4.08. The minimum absolute atomic E-state index is 0.00483. The molecule has 0 aliphatic rings. The summed E-state index contributed by atoms with van der Waals surface area (Å²) in [6.45, 7) is 0.720. The summed E-state index contributed by atoms with van der Waals surface area (Å²) in [6.07, 6.45) is -0.342. The Hall–Kier alpha value is -1.80. The number of para-hydroxylation sites is 1. The predicted octanol–water partition coefficient (Wildman–Crippen LogP) is 0.767. The van der Waals surface area contributed by atoms with Crippen LogP contribution in [0.5, 0.6) is 5.75 Å². The molecule has 1 heterocycles. The topological polar surface area (TPSA) is 123 Å². The normalized spacial score (nSPS) is 13.1. The summed E-state index contributed by atoms with van der Waals surface area (Å²) in [6, 6.07) is 5.63. The van der Waals surface area contributed by atoms with Gasteiger partial charge in [-0.3, -0.25) is 14.5 Å². The molecule has 2 rings (SSSR count). The van der Waals surface area contributed by atoms with Crippen molar-refractivity contribution in [3.05, 3.63) is 41.7 Å². The third-order valence-electron chi connectivity index (χ3n) is 2.58. The molecular weight excluding hydrogens is 302 g/mol. The van der Waals surface area contributed by atoms with E-state index >= 15 is 0 Å². The van der Waals surface area contributed by atoms with Gasteiger partial charge in [0.1, 0.15) is 11.4 Å². The summed E-state index contributed by atoms with van der Waals surface area (Å²) >= 11 is 0. The van der Waals surface area contributed by atoms with Crippen LogP contribution in [0, 0.1) is 0 Å². The second-order valence-electron chi connectivity index (χ2n) is 4.18. The summed E-state index contributed by atoms with van der Waals surface area (Å²) in [4.78, 5) is 17.7. The van der Waals surface area contributed by atoms with Crippen LogP contribution in [0.3, 0.4) is 0 Å². The lowest BCUT2D eigenvalue weighted by Gasteiger charge is -2.13. The van der Waals surface area contributed by atoms with Crippen LogP contribution >= 0.6 is 7.82 Å². The number of phosphoric ester groups is 1. The number of benzene rings is 1. The average Bonchev–Trinajstić information content (AvgIpc) is 2.86. The van der Waals surface area contributed by atoms with E-state index in [0.717, 1.165) is 0 Å². The molecule has 114 valence electrons. The van der Waals surface area contributed by atoms with Crippen LogP contribution in [-0.2, 0) is 11.1 Å². The van der Waals surface area contributed by atoms with Crippen molar-refractivity contribution in [3.63, 3.8) is 0 Å². The molecule has 21 heavy (non-hydrogen) atoms. The second kappa shape index (κ2) is 6.31. The summed E-state index contributed by atoms with van der Waals surface area (Å²) in [5.41, 5.74) is 5.33. The summed E-state index contributed by atoms with van der Waals surface area (Å²) in [5.74, 6) is -0.244. The zero-order valence-electron chi connectivity index (χ0n) is 10.8. The molecule has 0 fully saturated rings. The minimum Gasteiger partial charge on any atom is -0.404 e. The number of nitrogens with zero attached hydrogens (tertiary/aromatic N) is 3. The van der Waals surface area contributed by atoms with Crippen molar-refractivity contribution >= 4 is 7.82 Å². The van der Waals surface area contributed by atoms with Crippen LogP contribution in [0.1, 0.15) is 17.4 Å². The van der Waals surface area contributed by atoms with Crippen molar-refractivity contribution in [1.29, 1.82) is 0 Å². The van der Waals surface area contributed by atoms with Gasteiger partial charge in [0.25, 0.3) is 0 Å². The summed E-state index contributed by atoms with van der Waals surface area (Å²) < 4.78 is 31.2. The molecule has 0 saturated carbocycles. The Morgan fingerprint density at radius 2 is 2.14 bits per heavy atom. The number of rotatable bonds is 6. The Morgan fingerprint density at radius 3 is 2.81 bits per heavy atom. The Balaban J connectivity index is 2.29. The molecule has 8 nitrogen and oxygen atoms in total. The van der Waals surface area contributed by atoms with Crippen LogP contribution in [0.15, 0.2) is 30.5 Å². The van der Waals surface area contributed by atoms with Gasteiger partial charge in [0.2, 0.25) is 0 Å². The standard InChI is InChI=1S/C11H14FN4O4P/c12-11(9-7-16(6-5-13)15-14-9)8-3-1-2-4-10(8)20-21(17,18)19/h1-4,7,11H,5-6,13H2,(H2,17,18,19). The van der Waals surface area contributed by atoms with Gasteiger partial charge in [-0.15, -0.1) is 5.10 Å². The maximum absolute atomic E-state index is 14.5. The van der Waals surface area contributed by atoms with Crippen molar-refractivity contribution < 1.29 is 23.3 Å². The smallest absolute Gasteiger partial charge is 0.404 e. The van der Waals surface area contributed by atoms with E-state index in [1.165, 1.54) is 35.1 Å². The van der Waals surface area contributed by atoms with Crippen LogP contribution in [0.4, 0.5) is 4.39 Å². The Kier molecular flexibility index (Phi) is 4.69. The third-order valence-corrected chi connectivity index (χ3v) is 3.02. The molecule has 4 N–H and O–H groups in total. The quantitative estimate of drug-likeness (QED) is 0.672. The molecule has 1 unspecified atom stereocenters. The van der Waals surface area contributed by atoms with Crippen molar-refractivity contribution in [1.82, 2.24) is 15.0 Å². The number of alkyl halides is 1. The molecule has 2 aromatic rings. The van der Waals surface area contributed by atoms with E-state index in [4.69, 9.17) is 15.5 Å². The molecule has 0 radical (unpaired) electrons. The Labute approximate surface area is 119 Å². The first-order valence-corrected chi connectivity index (χ1v) is 7.52. The highest BCUT2D eigenvalue weighted by Gasteiger charge is 2.24. The van der Waals surface area contributed by atoms with Crippen molar-refractivity contribution in [2.24, 2.45) is 5.73 Å². The Morgan fingerprint density at radius 1 is 1.43 bits per heavy atom. The fourth-order valence-corrected chi connectivity index (χ4v) is 2.15. The van der Waals surface area contributed by atoms with Gasteiger partial charge in [0.15, 0.2) is 6.17 Å². The highest BCUT2D eigenvalue weighted by molar-refractivity contribution is 7.46. The van der Waals surface area contributed by atoms with Crippen LogP contribution < -0.4 is 10.3 Å². The molecule has 0 aliphatic carbocycles. The first-order valence-electron chi connectivity index (χ1n) is 5.99. The number of phosphoric acid groups is 1. The van der Waals surface area contributed by atoms with Crippen molar-refractivity contribution in [2.75, 3.05) is 6.54 Å². The zero-order chi connectivity index (χ0) is 15.5. The molecule has 1 atom stereocenters. The van der Waals surface area contributed by atoms with E-state index in [0.29, 0.717) is 13.1 Å². The summed E-state index contributed by atoms with van der Waals surface area (Å²) in [7, 11) is -4.78. The average molecular weight is 316 g/mol. The van der Waals surface area contributed by atoms with Crippen LogP contribution in [0.2, 0.25) is 0 Å². The van der Waals surface area contributed by atoms with E-state index in [1.54, 1.807) is 0 Å². The highest BCUT2D eigenvalue weighted by Crippen LogP contribution is 2.42. The van der Waals surface area contributed by atoms with E-state index in [-0.39, 0.29) is 17.0 Å². The Bertz CT molecular complexity index is 659. The predicted molar refractivity (Wildman–Crippen MR) is 71.1 cm³/mol. The number of aromatic nitrogens is 3. The zero-order valence-corrected chi connectivity index (χ0v) is 11.7. The highest BCUT2D eigenvalue weighted by atomic mass is 31.2. The van der Waals surface area contributed by atoms with Gasteiger partial charge in [0, 0.05) is 12.1 Å². The van der Waals surface area contributed by atoms with Gasteiger partial charge in [-0.1, -0.05) is 23.4 Å². The molecule has 0 aliphatic heterocycles. The molecule has 0 saturated heterocycles. The van der Waals surface area contributed by atoms with Gasteiger partial charge in [0.05, 0.1) is 12.7 Å². The second-order valence-corrected chi connectivity index (χ2v) is 5.34. The first kappa shape index (κ1) is 15.6. The van der Waals surface area contributed by atoms with Gasteiger partial charge in [-0.25, -0.2) is 8.96 Å². The number of nitrogens with two attached hydrogens (primary N) is 1. The molecule has 0 amide bonds. The lowest BCUT2D eigenvalue weighted by molar-refractivity contribution is 0.279. The van der Waals surface area contributed by atoms with E-state index in [9.17, 15) is 8.96 Å². The van der Waals surface area contributed by atoms with Gasteiger partial charge < -0.3 is 10.3 Å². The lowest BCUT2D eigenvalue weighted by atomic mass is 10.1. The maximum atomic E-state index is 14.5. The monoisotopic (exact) mass is 316 g/mol. The van der Waals surface area contributed by atoms with Gasteiger partial charge in [-0.05, 0) is 6.07 Å². The van der Waals surface area contributed by atoms with Crippen LogP contribution in [0.25, 0.3) is 0 Å². The number of hydrogen-bond donors (Lipinski definition) is 3. The van der Waals surface area contributed by atoms with E-state index in [2.05, 4.69) is 14.8 Å². The van der Waals surface area contributed by atoms with E-state index in [1.807, 2.05) is 0 Å². The summed E-state index contributed by atoms with van der Waals surface area (Å²) in [5, 5.41) is 7.39.